The van der Waals surface area contributed by atoms with Crippen LogP contribution in [0.15, 0.2) is 28.1 Å². The smallest absolute Gasteiger partial charge is 0.264 e. The van der Waals surface area contributed by atoms with Crippen LogP contribution in [0.2, 0.25) is 0 Å². The van der Waals surface area contributed by atoms with E-state index in [-0.39, 0.29) is 12.5 Å². The van der Waals surface area contributed by atoms with Crippen molar-refractivity contribution in [2.75, 3.05) is 11.9 Å². The molecule has 0 saturated heterocycles. The summed E-state index contributed by atoms with van der Waals surface area (Å²) in [6.07, 6.45) is 0. The van der Waals surface area contributed by atoms with Crippen LogP contribution in [0.25, 0.3) is 11.3 Å². The third kappa shape index (κ3) is 4.06. The molecule has 7 heteroatoms. The van der Waals surface area contributed by atoms with Crippen molar-refractivity contribution in [3.05, 3.63) is 46.0 Å². The number of hydrogen-bond donors (Lipinski definition) is 1. The zero-order valence-electron chi connectivity index (χ0n) is 14.5. The molecule has 3 rings (SSSR count). The number of amides is 1. The van der Waals surface area contributed by atoms with Crippen molar-refractivity contribution < 1.29 is 14.1 Å². The summed E-state index contributed by atoms with van der Waals surface area (Å²) in [7, 11) is 0. The second-order valence-corrected chi connectivity index (χ2v) is 6.76. The average molecular weight is 357 g/mol. The van der Waals surface area contributed by atoms with Crippen molar-refractivity contribution in [3.8, 4) is 17.1 Å². The molecule has 2 aromatic heterocycles. The second-order valence-electron chi connectivity index (χ2n) is 5.90. The predicted octanol–water partition coefficient (Wildman–Crippen LogP) is 4.05. The van der Waals surface area contributed by atoms with Crippen LogP contribution in [0, 0.1) is 27.7 Å². The highest BCUT2D eigenvalue weighted by Gasteiger charge is 2.12. The first-order valence-electron chi connectivity index (χ1n) is 7.82. The number of nitrogens with zero attached hydrogens (tertiary/aromatic N) is 2. The van der Waals surface area contributed by atoms with Crippen molar-refractivity contribution in [3.63, 3.8) is 0 Å². The van der Waals surface area contributed by atoms with E-state index in [1.807, 2.05) is 5.38 Å². The maximum atomic E-state index is 12.0. The summed E-state index contributed by atoms with van der Waals surface area (Å²) in [6.45, 7) is 7.84. The van der Waals surface area contributed by atoms with Gasteiger partial charge in [0.15, 0.2) is 11.7 Å². The molecule has 0 bridgehead atoms. The summed E-state index contributed by atoms with van der Waals surface area (Å²) in [4.78, 5) is 16.5. The van der Waals surface area contributed by atoms with Crippen molar-refractivity contribution in [1.82, 2.24) is 10.1 Å². The first kappa shape index (κ1) is 17.2. The van der Waals surface area contributed by atoms with Gasteiger partial charge in [0, 0.05) is 17.0 Å². The van der Waals surface area contributed by atoms with Crippen LogP contribution in [0.1, 0.15) is 22.5 Å². The monoisotopic (exact) mass is 357 g/mol. The number of aryl methyl sites for hydroxylation is 4. The third-order valence-corrected chi connectivity index (χ3v) is 4.58. The van der Waals surface area contributed by atoms with Gasteiger partial charge in [0.25, 0.3) is 11.8 Å². The highest BCUT2D eigenvalue weighted by Crippen LogP contribution is 2.29. The molecule has 0 spiro atoms. The maximum Gasteiger partial charge on any atom is 0.264 e. The van der Waals surface area contributed by atoms with Crippen molar-refractivity contribution in [1.29, 1.82) is 0 Å². The summed E-state index contributed by atoms with van der Waals surface area (Å²) in [5.41, 5.74) is 5.57. The summed E-state index contributed by atoms with van der Waals surface area (Å²) in [6, 6.07) is 5.90. The van der Waals surface area contributed by atoms with Crippen LogP contribution in [-0.2, 0) is 4.79 Å². The highest BCUT2D eigenvalue weighted by atomic mass is 32.1. The highest BCUT2D eigenvalue weighted by molar-refractivity contribution is 7.14. The van der Waals surface area contributed by atoms with E-state index in [0.29, 0.717) is 16.8 Å². The minimum absolute atomic E-state index is 0.149. The second kappa shape index (κ2) is 7.06. The average Bonchev–Trinajstić information content (AvgIpc) is 3.18. The molecule has 0 atom stereocenters. The van der Waals surface area contributed by atoms with Crippen molar-refractivity contribution in [2.24, 2.45) is 0 Å². The summed E-state index contributed by atoms with van der Waals surface area (Å²) < 4.78 is 10.1. The Morgan fingerprint density at radius 1 is 1.16 bits per heavy atom. The topological polar surface area (TPSA) is 77.2 Å². The number of anilines is 1. The molecule has 130 valence electrons. The van der Waals surface area contributed by atoms with E-state index in [0.717, 1.165) is 16.8 Å². The van der Waals surface area contributed by atoms with E-state index < -0.39 is 0 Å². The summed E-state index contributed by atoms with van der Waals surface area (Å²) in [5.74, 6) is 0.625. The Bertz CT molecular complexity index is 914. The first-order valence-corrected chi connectivity index (χ1v) is 8.70. The van der Waals surface area contributed by atoms with Gasteiger partial charge in [-0.1, -0.05) is 6.07 Å². The molecule has 1 N–H and O–H groups in total. The third-order valence-electron chi connectivity index (χ3n) is 3.82. The lowest BCUT2D eigenvalue weighted by molar-refractivity contribution is -0.118. The molecule has 25 heavy (non-hydrogen) atoms. The predicted molar refractivity (Wildman–Crippen MR) is 97.1 cm³/mol. The normalized spacial score (nSPS) is 10.7. The quantitative estimate of drug-likeness (QED) is 0.745. The van der Waals surface area contributed by atoms with Gasteiger partial charge in [-0.25, -0.2) is 4.98 Å². The van der Waals surface area contributed by atoms with Gasteiger partial charge in [-0.05, 0) is 55.6 Å². The van der Waals surface area contributed by atoms with Crippen molar-refractivity contribution in [2.45, 2.75) is 27.7 Å². The van der Waals surface area contributed by atoms with Gasteiger partial charge in [-0.2, -0.15) is 0 Å². The Kier molecular flexibility index (Phi) is 4.85. The van der Waals surface area contributed by atoms with Crippen LogP contribution in [-0.4, -0.2) is 22.7 Å². The molecule has 0 aliphatic heterocycles. The van der Waals surface area contributed by atoms with Gasteiger partial charge >= 0.3 is 0 Å². The molecule has 1 aromatic carbocycles. The van der Waals surface area contributed by atoms with E-state index in [4.69, 9.17) is 9.26 Å². The number of rotatable bonds is 5. The number of aromatic nitrogens is 2. The zero-order valence-corrected chi connectivity index (χ0v) is 15.4. The van der Waals surface area contributed by atoms with E-state index in [9.17, 15) is 4.79 Å². The lowest BCUT2D eigenvalue weighted by Crippen LogP contribution is -2.20. The van der Waals surface area contributed by atoms with Gasteiger partial charge in [-0.3, -0.25) is 10.1 Å². The Hall–Kier alpha value is -2.67. The Balaban J connectivity index is 1.65. The van der Waals surface area contributed by atoms with E-state index in [2.05, 4.69) is 48.4 Å². The zero-order chi connectivity index (χ0) is 18.0. The fourth-order valence-electron chi connectivity index (χ4n) is 2.40. The fourth-order valence-corrected chi connectivity index (χ4v) is 3.12. The van der Waals surface area contributed by atoms with Gasteiger partial charge in [0.2, 0.25) is 0 Å². The van der Waals surface area contributed by atoms with Gasteiger partial charge in [0.1, 0.15) is 5.76 Å². The lowest BCUT2D eigenvalue weighted by atomic mass is 9.99. The van der Waals surface area contributed by atoms with Crippen molar-refractivity contribution >= 4 is 22.4 Å². The fraction of sp³-hybridized carbons (Fsp3) is 0.278. The summed E-state index contributed by atoms with van der Waals surface area (Å²) >= 11 is 1.38. The number of ether oxygens (including phenoxy) is 1. The Morgan fingerprint density at radius 2 is 1.92 bits per heavy atom. The Labute approximate surface area is 149 Å². The summed E-state index contributed by atoms with van der Waals surface area (Å²) in [5, 5.41) is 8.89. The molecular weight excluding hydrogens is 338 g/mol. The van der Waals surface area contributed by atoms with Gasteiger partial charge < -0.3 is 9.26 Å². The SMILES string of the molecule is Cc1cc(OCC(=O)Nc2nc(-c3cc(C)c(C)cc3C)cs2)no1. The molecule has 0 aliphatic rings. The molecule has 0 unspecified atom stereocenters. The number of nitrogens with one attached hydrogen (secondary N) is 1. The number of thiazole rings is 1. The van der Waals surface area contributed by atoms with Crippen LogP contribution in [0.3, 0.4) is 0 Å². The first-order chi connectivity index (χ1) is 11.9. The molecular formula is C18H19N3O3S. The van der Waals surface area contributed by atoms with Crippen LogP contribution in [0.4, 0.5) is 5.13 Å². The molecule has 6 nitrogen and oxygen atoms in total. The van der Waals surface area contributed by atoms with E-state index in [1.165, 1.54) is 22.5 Å². The maximum absolute atomic E-state index is 12.0. The molecule has 0 radical (unpaired) electrons. The molecule has 3 aromatic rings. The van der Waals surface area contributed by atoms with E-state index >= 15 is 0 Å². The standard InChI is InChI=1S/C18H19N3O3S/c1-10-5-12(3)14(6-11(10)2)15-9-25-18(19-15)20-16(22)8-23-17-7-13(4)24-21-17/h5-7,9H,8H2,1-4H3,(H,19,20,22). The lowest BCUT2D eigenvalue weighted by Gasteiger charge is -2.07. The number of hydrogen-bond acceptors (Lipinski definition) is 6. The molecule has 2 heterocycles. The number of carbonyl (C=O) groups is 1. The molecule has 0 saturated carbocycles. The molecule has 1 amide bonds. The minimum atomic E-state index is -0.293. The molecule has 0 fully saturated rings. The largest absolute Gasteiger partial charge is 0.465 e. The molecule has 0 aliphatic carbocycles. The van der Waals surface area contributed by atoms with Crippen LogP contribution < -0.4 is 10.1 Å². The minimum Gasteiger partial charge on any atom is -0.465 e. The number of carbonyl (C=O) groups excluding carboxylic acids is 1. The van der Waals surface area contributed by atoms with Gasteiger partial charge in [-0.15, -0.1) is 11.3 Å². The van der Waals surface area contributed by atoms with Crippen LogP contribution in [0.5, 0.6) is 5.88 Å². The van der Waals surface area contributed by atoms with E-state index in [1.54, 1.807) is 13.0 Å². The number of benzene rings is 1. The van der Waals surface area contributed by atoms with Gasteiger partial charge in [0.05, 0.1) is 5.69 Å². The Morgan fingerprint density at radius 3 is 2.64 bits per heavy atom. The van der Waals surface area contributed by atoms with Crippen LogP contribution >= 0.6 is 11.3 Å².